The average molecular weight is 445 g/mol. The van der Waals surface area contributed by atoms with Crippen LogP contribution in [0.2, 0.25) is 0 Å². The number of benzene rings is 2. The SMILES string of the molecule is CC[C@@H](NS(=O)(=O)c1ccc(OC)c(C(=O)N2CCCCCC2)c1)c1ccc(C)cc1. The first-order valence-electron chi connectivity index (χ1n) is 10.9. The smallest absolute Gasteiger partial charge is 0.257 e. The second-order valence-electron chi connectivity index (χ2n) is 8.06. The zero-order valence-corrected chi connectivity index (χ0v) is 19.4. The summed E-state index contributed by atoms with van der Waals surface area (Å²) in [5, 5.41) is 0. The van der Waals surface area contributed by atoms with E-state index < -0.39 is 10.0 Å². The number of methoxy groups -OCH3 is 1. The van der Waals surface area contributed by atoms with Crippen LogP contribution in [0.25, 0.3) is 0 Å². The van der Waals surface area contributed by atoms with Crippen LogP contribution in [0.4, 0.5) is 0 Å². The highest BCUT2D eigenvalue weighted by Crippen LogP contribution is 2.27. The predicted molar refractivity (Wildman–Crippen MR) is 122 cm³/mol. The number of amides is 1. The summed E-state index contributed by atoms with van der Waals surface area (Å²) in [4.78, 5) is 15.0. The van der Waals surface area contributed by atoms with Crippen molar-refractivity contribution in [1.29, 1.82) is 0 Å². The summed E-state index contributed by atoms with van der Waals surface area (Å²) in [5.74, 6) is 0.208. The van der Waals surface area contributed by atoms with Gasteiger partial charge >= 0.3 is 0 Å². The van der Waals surface area contributed by atoms with Crippen LogP contribution >= 0.6 is 0 Å². The topological polar surface area (TPSA) is 75.7 Å². The number of aryl methyl sites for hydroxylation is 1. The summed E-state index contributed by atoms with van der Waals surface area (Å²) in [6, 6.07) is 12.0. The van der Waals surface area contributed by atoms with Crippen LogP contribution in [0.15, 0.2) is 47.4 Å². The minimum atomic E-state index is -3.83. The Morgan fingerprint density at radius 2 is 1.71 bits per heavy atom. The third kappa shape index (κ3) is 5.66. The predicted octanol–water partition coefficient (Wildman–Crippen LogP) is 4.45. The Bertz CT molecular complexity index is 995. The Morgan fingerprint density at radius 3 is 2.29 bits per heavy atom. The van der Waals surface area contributed by atoms with Gasteiger partial charge < -0.3 is 9.64 Å². The molecule has 3 rings (SSSR count). The molecule has 1 fully saturated rings. The molecule has 0 unspecified atom stereocenters. The summed E-state index contributed by atoms with van der Waals surface area (Å²) in [6.45, 7) is 5.30. The van der Waals surface area contributed by atoms with E-state index in [-0.39, 0.29) is 22.4 Å². The van der Waals surface area contributed by atoms with E-state index in [1.807, 2.05) is 38.1 Å². The number of hydrogen-bond donors (Lipinski definition) is 1. The Hall–Kier alpha value is -2.38. The molecule has 31 heavy (non-hydrogen) atoms. The first-order chi connectivity index (χ1) is 14.9. The van der Waals surface area contributed by atoms with Crippen LogP contribution in [0.1, 0.15) is 66.6 Å². The molecule has 1 heterocycles. The molecule has 0 aromatic heterocycles. The monoisotopic (exact) mass is 444 g/mol. The van der Waals surface area contributed by atoms with Crippen molar-refractivity contribution in [2.24, 2.45) is 0 Å². The molecule has 6 nitrogen and oxygen atoms in total. The van der Waals surface area contributed by atoms with Crippen molar-refractivity contribution >= 4 is 15.9 Å². The third-order valence-electron chi connectivity index (χ3n) is 5.79. The van der Waals surface area contributed by atoms with E-state index in [9.17, 15) is 13.2 Å². The molecule has 7 heteroatoms. The molecule has 1 aliphatic heterocycles. The Kier molecular flexibility index (Phi) is 7.73. The molecule has 2 aromatic rings. The average Bonchev–Trinajstić information content (AvgIpc) is 3.07. The van der Waals surface area contributed by atoms with Crippen molar-refractivity contribution in [1.82, 2.24) is 9.62 Å². The zero-order valence-electron chi connectivity index (χ0n) is 18.6. The van der Waals surface area contributed by atoms with Gasteiger partial charge in [-0.1, -0.05) is 49.6 Å². The van der Waals surface area contributed by atoms with Crippen LogP contribution in [0.3, 0.4) is 0 Å². The summed E-state index contributed by atoms with van der Waals surface area (Å²) in [7, 11) is -2.33. The normalized spacial score (nSPS) is 15.9. The van der Waals surface area contributed by atoms with Gasteiger partial charge in [0.15, 0.2) is 0 Å². The molecule has 0 spiro atoms. The number of carbonyl (C=O) groups excluding carboxylic acids is 1. The van der Waals surface area contributed by atoms with Crippen molar-refractivity contribution in [2.45, 2.75) is 56.9 Å². The molecular formula is C24H32N2O4S. The molecule has 1 aliphatic rings. The highest BCUT2D eigenvalue weighted by atomic mass is 32.2. The minimum absolute atomic E-state index is 0.0667. The van der Waals surface area contributed by atoms with Gasteiger partial charge in [-0.25, -0.2) is 13.1 Å². The molecule has 0 bridgehead atoms. The first-order valence-corrected chi connectivity index (χ1v) is 12.4. The fraction of sp³-hybridized carbons (Fsp3) is 0.458. The maximum atomic E-state index is 13.2. The Balaban J connectivity index is 1.89. The number of ether oxygens (including phenoxy) is 1. The van der Waals surface area contributed by atoms with E-state index in [0.717, 1.165) is 36.8 Å². The van der Waals surface area contributed by atoms with Gasteiger partial charge in [0, 0.05) is 19.1 Å². The largest absolute Gasteiger partial charge is 0.496 e. The van der Waals surface area contributed by atoms with Crippen molar-refractivity contribution in [3.05, 3.63) is 59.2 Å². The van der Waals surface area contributed by atoms with Gasteiger partial charge in [-0.05, 0) is 49.9 Å². The molecule has 0 aliphatic carbocycles. The zero-order chi connectivity index (χ0) is 22.4. The fourth-order valence-corrected chi connectivity index (χ4v) is 5.24. The quantitative estimate of drug-likeness (QED) is 0.685. The Morgan fingerprint density at radius 1 is 1.06 bits per heavy atom. The van der Waals surface area contributed by atoms with E-state index in [1.165, 1.54) is 19.2 Å². The van der Waals surface area contributed by atoms with E-state index in [0.29, 0.717) is 25.3 Å². The molecule has 1 N–H and O–H groups in total. The lowest BCUT2D eigenvalue weighted by atomic mass is 10.0. The molecule has 168 valence electrons. The summed E-state index contributed by atoms with van der Waals surface area (Å²) < 4.78 is 34.5. The third-order valence-corrected chi connectivity index (χ3v) is 7.26. The van der Waals surface area contributed by atoms with Crippen molar-refractivity contribution in [3.8, 4) is 5.75 Å². The van der Waals surface area contributed by atoms with Crippen LogP contribution < -0.4 is 9.46 Å². The highest BCUT2D eigenvalue weighted by Gasteiger charge is 2.25. The number of sulfonamides is 1. The standard InChI is InChI=1S/C24H32N2O4S/c1-4-22(19-11-9-18(2)10-12-19)25-31(28,29)20-13-14-23(30-3)21(17-20)24(27)26-15-7-5-6-8-16-26/h9-14,17,22,25H,4-8,15-16H2,1-3H3/t22-/m1/s1. The maximum absolute atomic E-state index is 13.2. The Labute approximate surface area is 185 Å². The van der Waals surface area contributed by atoms with Crippen molar-refractivity contribution < 1.29 is 17.9 Å². The highest BCUT2D eigenvalue weighted by molar-refractivity contribution is 7.89. The number of nitrogens with one attached hydrogen (secondary N) is 1. The van der Waals surface area contributed by atoms with E-state index in [2.05, 4.69) is 4.72 Å². The minimum Gasteiger partial charge on any atom is -0.496 e. The molecule has 0 saturated carbocycles. The first kappa shape index (κ1) is 23.3. The van der Waals surface area contributed by atoms with Gasteiger partial charge in [0.2, 0.25) is 10.0 Å². The number of carbonyl (C=O) groups is 1. The molecule has 1 atom stereocenters. The summed E-state index contributed by atoms with van der Waals surface area (Å²) in [5.41, 5.74) is 2.31. The molecule has 1 amide bonds. The van der Waals surface area contributed by atoms with Crippen LogP contribution in [-0.2, 0) is 10.0 Å². The number of hydrogen-bond acceptors (Lipinski definition) is 4. The second-order valence-corrected chi connectivity index (χ2v) is 9.78. The van der Waals surface area contributed by atoms with E-state index >= 15 is 0 Å². The van der Waals surface area contributed by atoms with E-state index in [1.54, 1.807) is 11.0 Å². The van der Waals surface area contributed by atoms with Gasteiger partial charge in [0.25, 0.3) is 5.91 Å². The van der Waals surface area contributed by atoms with Gasteiger partial charge in [-0.3, -0.25) is 4.79 Å². The lowest BCUT2D eigenvalue weighted by molar-refractivity contribution is 0.0758. The summed E-state index contributed by atoms with van der Waals surface area (Å²) >= 11 is 0. The second kappa shape index (κ2) is 10.3. The van der Waals surface area contributed by atoms with Gasteiger partial charge in [0.05, 0.1) is 17.6 Å². The van der Waals surface area contributed by atoms with Gasteiger partial charge in [-0.15, -0.1) is 0 Å². The molecule has 2 aromatic carbocycles. The van der Waals surface area contributed by atoms with E-state index in [4.69, 9.17) is 4.74 Å². The number of nitrogens with zero attached hydrogens (tertiary/aromatic N) is 1. The van der Waals surface area contributed by atoms with Crippen LogP contribution in [0.5, 0.6) is 5.75 Å². The van der Waals surface area contributed by atoms with Crippen LogP contribution in [-0.4, -0.2) is 39.4 Å². The fourth-order valence-electron chi connectivity index (χ4n) is 3.91. The van der Waals surface area contributed by atoms with Crippen molar-refractivity contribution in [2.75, 3.05) is 20.2 Å². The van der Waals surface area contributed by atoms with Crippen molar-refractivity contribution in [3.63, 3.8) is 0 Å². The lowest BCUT2D eigenvalue weighted by Gasteiger charge is -2.22. The lowest BCUT2D eigenvalue weighted by Crippen LogP contribution is -2.32. The van der Waals surface area contributed by atoms with Gasteiger partial charge in [0.1, 0.15) is 5.75 Å². The molecule has 0 radical (unpaired) electrons. The van der Waals surface area contributed by atoms with Crippen LogP contribution in [0, 0.1) is 6.92 Å². The molecular weight excluding hydrogens is 412 g/mol. The number of rotatable bonds is 7. The van der Waals surface area contributed by atoms with Gasteiger partial charge in [-0.2, -0.15) is 0 Å². The summed E-state index contributed by atoms with van der Waals surface area (Å²) in [6.07, 6.45) is 4.75. The maximum Gasteiger partial charge on any atom is 0.257 e. The molecule has 1 saturated heterocycles. The number of likely N-dealkylation sites (tertiary alicyclic amines) is 1.